The first-order valence-corrected chi connectivity index (χ1v) is 11.9. The van der Waals surface area contributed by atoms with Crippen LogP contribution in [0.4, 0.5) is 0 Å². The van der Waals surface area contributed by atoms with E-state index in [0.29, 0.717) is 29.7 Å². The molecule has 3 aliphatic heterocycles. The van der Waals surface area contributed by atoms with E-state index in [-0.39, 0.29) is 12.2 Å². The molecule has 5 rings (SSSR count). The molecule has 0 aromatic heterocycles. The summed E-state index contributed by atoms with van der Waals surface area (Å²) in [5.41, 5.74) is 7.69. The van der Waals surface area contributed by atoms with Gasteiger partial charge in [0.25, 0.3) is 5.91 Å². The molecule has 2 aromatic carbocycles. The third kappa shape index (κ3) is 4.76. The molecule has 3 N–H and O–H groups in total. The number of hydrazone groups is 1. The number of hydrogen-bond donors (Lipinski definition) is 3. The van der Waals surface area contributed by atoms with Crippen LogP contribution in [0.25, 0.3) is 0 Å². The molecule has 34 heavy (non-hydrogen) atoms. The highest BCUT2D eigenvalue weighted by Crippen LogP contribution is 2.29. The number of nitrogens with zero attached hydrogens (tertiary/aromatic N) is 3. The molecule has 176 valence electrons. The lowest BCUT2D eigenvalue weighted by Crippen LogP contribution is -2.52. The topological polar surface area (TPSA) is 102 Å². The van der Waals surface area contributed by atoms with Gasteiger partial charge in [-0.2, -0.15) is 10.4 Å². The zero-order chi connectivity index (χ0) is 23.5. The summed E-state index contributed by atoms with van der Waals surface area (Å²) in [5, 5.41) is 20.3. The van der Waals surface area contributed by atoms with Crippen LogP contribution >= 0.6 is 0 Å². The van der Waals surface area contributed by atoms with Crippen LogP contribution in [0.5, 0.6) is 0 Å². The zero-order valence-electron chi connectivity index (χ0n) is 19.4. The number of rotatable bonds is 5. The summed E-state index contributed by atoms with van der Waals surface area (Å²) in [5.74, 6) is 1.22. The average molecular weight is 459 g/mol. The minimum absolute atomic E-state index is 0.0591. The Morgan fingerprint density at radius 2 is 1.97 bits per heavy atom. The Kier molecular flexibility index (Phi) is 6.48. The van der Waals surface area contributed by atoms with Crippen molar-refractivity contribution in [3.63, 3.8) is 0 Å². The van der Waals surface area contributed by atoms with E-state index in [4.69, 9.17) is 10.00 Å². The van der Waals surface area contributed by atoms with Gasteiger partial charge in [-0.25, -0.2) is 0 Å². The molecular weight excluding hydrogens is 428 g/mol. The van der Waals surface area contributed by atoms with Crippen molar-refractivity contribution in [1.29, 1.82) is 5.26 Å². The van der Waals surface area contributed by atoms with Gasteiger partial charge >= 0.3 is 0 Å². The van der Waals surface area contributed by atoms with E-state index in [1.54, 1.807) is 0 Å². The maximum absolute atomic E-state index is 13.3. The van der Waals surface area contributed by atoms with Gasteiger partial charge in [-0.3, -0.25) is 15.5 Å². The second kappa shape index (κ2) is 9.84. The van der Waals surface area contributed by atoms with Crippen LogP contribution in [-0.2, 0) is 4.74 Å². The average Bonchev–Trinajstić information content (AvgIpc) is 3.57. The predicted octanol–water partition coefficient (Wildman–Crippen LogP) is 2.40. The van der Waals surface area contributed by atoms with Crippen LogP contribution in [0.3, 0.4) is 0 Å². The first-order valence-electron chi connectivity index (χ1n) is 11.9. The molecule has 2 saturated heterocycles. The van der Waals surface area contributed by atoms with E-state index >= 15 is 0 Å². The number of carbonyl (C=O) groups is 1. The molecule has 3 aliphatic rings. The number of carbonyl (C=O) groups excluding carboxylic acids is 1. The molecule has 1 amide bonds. The summed E-state index contributed by atoms with van der Waals surface area (Å²) in [6, 6.07) is 16.1. The lowest BCUT2D eigenvalue weighted by Gasteiger charge is -2.32. The van der Waals surface area contributed by atoms with Crippen LogP contribution in [0.1, 0.15) is 57.8 Å². The maximum atomic E-state index is 13.3. The number of nitriles is 1. The number of aryl methyl sites for hydroxylation is 1. The first-order chi connectivity index (χ1) is 16.6. The van der Waals surface area contributed by atoms with Crippen LogP contribution in [0.15, 0.2) is 47.6 Å². The smallest absolute Gasteiger partial charge is 0.253 e. The van der Waals surface area contributed by atoms with Crippen molar-refractivity contribution in [2.45, 2.75) is 44.4 Å². The Labute approximate surface area is 200 Å². The molecule has 8 heteroatoms. The van der Waals surface area contributed by atoms with Crippen LogP contribution in [0, 0.1) is 18.3 Å². The van der Waals surface area contributed by atoms with Crippen molar-refractivity contribution in [2.75, 3.05) is 26.3 Å². The van der Waals surface area contributed by atoms with E-state index in [1.807, 2.05) is 54.3 Å². The number of amides is 1. The molecule has 1 unspecified atom stereocenters. The van der Waals surface area contributed by atoms with Crippen molar-refractivity contribution in [2.24, 2.45) is 5.10 Å². The summed E-state index contributed by atoms with van der Waals surface area (Å²) in [6.07, 6.45) is 2.68. The van der Waals surface area contributed by atoms with E-state index in [2.05, 4.69) is 27.2 Å². The highest BCUT2D eigenvalue weighted by Gasteiger charge is 2.27. The van der Waals surface area contributed by atoms with Crippen LogP contribution in [-0.4, -0.2) is 55.3 Å². The molecular formula is C26H30N6O2. The van der Waals surface area contributed by atoms with Crippen LogP contribution < -0.4 is 16.1 Å². The number of hydrogen-bond acceptors (Lipinski definition) is 7. The van der Waals surface area contributed by atoms with Gasteiger partial charge in [-0.1, -0.05) is 18.2 Å². The van der Waals surface area contributed by atoms with Crippen molar-refractivity contribution in [3.05, 3.63) is 70.3 Å². The Balaban J connectivity index is 1.21. The highest BCUT2D eigenvalue weighted by atomic mass is 16.5. The molecule has 0 aliphatic carbocycles. The molecule has 0 radical (unpaired) electrons. The lowest BCUT2D eigenvalue weighted by molar-refractivity contribution is 0.0713. The van der Waals surface area contributed by atoms with Crippen molar-refractivity contribution in [3.8, 4) is 6.07 Å². The van der Waals surface area contributed by atoms with Gasteiger partial charge in [-0.15, -0.1) is 0 Å². The Hall–Kier alpha value is -3.41. The van der Waals surface area contributed by atoms with E-state index in [0.717, 1.165) is 55.9 Å². The quantitative estimate of drug-likeness (QED) is 0.636. The highest BCUT2D eigenvalue weighted by molar-refractivity contribution is 6.03. The largest absolute Gasteiger partial charge is 0.380 e. The van der Waals surface area contributed by atoms with Gasteiger partial charge in [0, 0.05) is 36.9 Å². The van der Waals surface area contributed by atoms with Crippen LogP contribution in [0.2, 0.25) is 0 Å². The fourth-order valence-electron chi connectivity index (χ4n) is 4.89. The fourth-order valence-corrected chi connectivity index (χ4v) is 4.89. The number of amidine groups is 1. The molecule has 8 nitrogen and oxygen atoms in total. The Morgan fingerprint density at radius 1 is 1.18 bits per heavy atom. The molecule has 2 fully saturated rings. The number of nitrogens with one attached hydrogen (secondary N) is 3. The van der Waals surface area contributed by atoms with E-state index in [9.17, 15) is 4.79 Å². The standard InChI is InChI=1S/C26H30N6O2/c1-17-2-5-21(14-23(17)24-29-26(31-30-24)28-22-10-13-34-16-22)25(33)32-11-8-20(9-12-32)19-6-3-18(15-27)4-7-19/h2-7,14,20,22,26,28,31H,8-13,16H2,1H3,(H,29,30)/t22-,26?/m0/s1. The van der Waals surface area contributed by atoms with E-state index in [1.165, 1.54) is 5.56 Å². The van der Waals surface area contributed by atoms with Gasteiger partial charge < -0.3 is 15.0 Å². The van der Waals surface area contributed by atoms with Crippen molar-refractivity contribution < 1.29 is 9.53 Å². The predicted molar refractivity (Wildman–Crippen MR) is 129 cm³/mol. The third-order valence-corrected chi connectivity index (χ3v) is 6.95. The number of benzene rings is 2. The summed E-state index contributed by atoms with van der Waals surface area (Å²) in [7, 11) is 0. The summed E-state index contributed by atoms with van der Waals surface area (Å²) in [6.45, 7) is 4.97. The van der Waals surface area contributed by atoms with Crippen molar-refractivity contribution in [1.82, 2.24) is 21.0 Å². The first kappa shape index (κ1) is 22.4. The molecule has 2 aromatic rings. The summed E-state index contributed by atoms with van der Waals surface area (Å²) < 4.78 is 5.43. The Bertz CT molecular complexity index is 1110. The third-order valence-electron chi connectivity index (χ3n) is 6.95. The molecule has 3 heterocycles. The number of ether oxygens (including phenoxy) is 1. The minimum Gasteiger partial charge on any atom is -0.380 e. The maximum Gasteiger partial charge on any atom is 0.253 e. The SMILES string of the molecule is Cc1ccc(C(=O)N2CCC(c3ccc(C#N)cc3)CC2)cc1C1=NNC(N[C@H]2CCOC2)N1. The summed E-state index contributed by atoms with van der Waals surface area (Å²) in [4.78, 5) is 15.2. The van der Waals surface area contributed by atoms with Gasteiger partial charge in [0.2, 0.25) is 0 Å². The zero-order valence-corrected chi connectivity index (χ0v) is 19.4. The normalized spacial score (nSPS) is 22.6. The van der Waals surface area contributed by atoms with E-state index < -0.39 is 0 Å². The fraction of sp³-hybridized carbons (Fsp3) is 0.423. The summed E-state index contributed by atoms with van der Waals surface area (Å²) >= 11 is 0. The molecule has 0 saturated carbocycles. The van der Waals surface area contributed by atoms with Gasteiger partial charge in [0.1, 0.15) is 0 Å². The molecule has 0 bridgehead atoms. The second-order valence-corrected chi connectivity index (χ2v) is 9.22. The Morgan fingerprint density at radius 3 is 2.68 bits per heavy atom. The second-order valence-electron chi connectivity index (χ2n) is 9.22. The van der Waals surface area contributed by atoms with Gasteiger partial charge in [-0.05, 0) is 67.5 Å². The van der Waals surface area contributed by atoms with Gasteiger partial charge in [0.05, 0.1) is 18.2 Å². The lowest BCUT2D eigenvalue weighted by atomic mass is 9.88. The van der Waals surface area contributed by atoms with Crippen molar-refractivity contribution >= 4 is 11.7 Å². The van der Waals surface area contributed by atoms with Gasteiger partial charge in [0.15, 0.2) is 12.1 Å². The monoisotopic (exact) mass is 458 g/mol. The number of likely N-dealkylation sites (tertiary alicyclic amines) is 1. The molecule has 2 atom stereocenters. The minimum atomic E-state index is -0.151. The number of piperidine rings is 1. The molecule has 0 spiro atoms.